The zero-order valence-electron chi connectivity index (χ0n) is 20.4. The van der Waals surface area contributed by atoms with Gasteiger partial charge in [-0.05, 0) is 27.8 Å². The highest BCUT2D eigenvalue weighted by Gasteiger charge is 2.26. The lowest BCUT2D eigenvalue weighted by Crippen LogP contribution is -2.55. The molecule has 0 aromatic rings. The molecular formula is C21H43N4O6+. The maximum Gasteiger partial charge on any atom is 0.361 e. The van der Waals surface area contributed by atoms with Gasteiger partial charge in [0.1, 0.15) is 6.61 Å². The van der Waals surface area contributed by atoms with E-state index in [4.69, 9.17) is 9.47 Å². The topological polar surface area (TPSA) is 106 Å². The Morgan fingerprint density at radius 2 is 1.55 bits per heavy atom. The third kappa shape index (κ3) is 16.6. The molecule has 0 saturated carbocycles. The van der Waals surface area contributed by atoms with Gasteiger partial charge in [-0.25, -0.2) is 4.79 Å². The highest BCUT2D eigenvalue weighted by atomic mass is 16.5. The molecule has 0 radical (unpaired) electrons. The number of quaternary nitrogens is 1. The number of nitrogens with zero attached hydrogens (tertiary/aromatic N) is 2. The Labute approximate surface area is 187 Å². The maximum atomic E-state index is 11.8. The first-order chi connectivity index (χ1) is 14.4. The fourth-order valence-corrected chi connectivity index (χ4v) is 2.76. The van der Waals surface area contributed by atoms with Crippen molar-refractivity contribution in [3.63, 3.8) is 0 Å². The van der Waals surface area contributed by atoms with E-state index < -0.39 is 0 Å². The van der Waals surface area contributed by atoms with E-state index in [9.17, 15) is 14.4 Å². The third-order valence-corrected chi connectivity index (χ3v) is 4.74. The van der Waals surface area contributed by atoms with Crippen LogP contribution in [0.1, 0.15) is 27.2 Å². The number of rotatable bonds is 16. The number of nitrogens with one attached hydrogen (secondary N) is 2. The molecule has 31 heavy (non-hydrogen) atoms. The number of esters is 3. The molecule has 0 bridgehead atoms. The molecule has 1 unspecified atom stereocenters. The van der Waals surface area contributed by atoms with Gasteiger partial charge in [-0.2, -0.15) is 0 Å². The molecule has 0 rings (SSSR count). The van der Waals surface area contributed by atoms with Crippen LogP contribution in [0.3, 0.4) is 0 Å². The van der Waals surface area contributed by atoms with Crippen molar-refractivity contribution in [1.29, 1.82) is 0 Å². The van der Waals surface area contributed by atoms with E-state index in [1.807, 2.05) is 7.05 Å². The summed E-state index contributed by atoms with van der Waals surface area (Å²) in [5, 5.41) is 6.69. The van der Waals surface area contributed by atoms with Crippen LogP contribution < -0.4 is 10.6 Å². The Morgan fingerprint density at radius 1 is 0.935 bits per heavy atom. The van der Waals surface area contributed by atoms with Crippen LogP contribution in [0.25, 0.3) is 0 Å². The molecule has 0 amide bonds. The van der Waals surface area contributed by atoms with Crippen molar-refractivity contribution in [2.75, 3.05) is 87.3 Å². The minimum Gasteiger partial charge on any atom is -0.468 e. The van der Waals surface area contributed by atoms with E-state index in [1.54, 1.807) is 11.9 Å². The van der Waals surface area contributed by atoms with Gasteiger partial charge in [-0.3, -0.25) is 14.5 Å². The molecule has 0 aromatic heterocycles. The first kappa shape index (κ1) is 29.2. The molecule has 10 nitrogen and oxygen atoms in total. The van der Waals surface area contributed by atoms with Gasteiger partial charge >= 0.3 is 17.9 Å². The Hall–Kier alpha value is -1.75. The van der Waals surface area contributed by atoms with Crippen molar-refractivity contribution in [2.45, 2.75) is 32.7 Å². The SMILES string of the molecule is COC(=O)CN(C)CCOC(=O)CCNCC[N+](C)(CCNC(C)(C)C)CC(=O)OC. The van der Waals surface area contributed by atoms with Gasteiger partial charge in [-0.15, -0.1) is 0 Å². The summed E-state index contributed by atoms with van der Waals surface area (Å²) in [6, 6.07) is 0. The van der Waals surface area contributed by atoms with E-state index in [0.29, 0.717) is 30.7 Å². The molecule has 0 aliphatic rings. The van der Waals surface area contributed by atoms with E-state index >= 15 is 0 Å². The zero-order valence-corrected chi connectivity index (χ0v) is 20.4. The van der Waals surface area contributed by atoms with Gasteiger partial charge in [0.25, 0.3) is 0 Å². The Balaban J connectivity index is 4.17. The summed E-state index contributed by atoms with van der Waals surface area (Å²) in [5.74, 6) is -0.857. The van der Waals surface area contributed by atoms with Crippen LogP contribution in [0.4, 0.5) is 0 Å². The molecule has 0 spiro atoms. The number of carbonyl (C=O) groups excluding carboxylic acids is 3. The highest BCUT2D eigenvalue weighted by Crippen LogP contribution is 2.04. The summed E-state index contributed by atoms with van der Waals surface area (Å²) in [5.41, 5.74) is 0.0167. The van der Waals surface area contributed by atoms with Crippen LogP contribution in [0.15, 0.2) is 0 Å². The van der Waals surface area contributed by atoms with Crippen molar-refractivity contribution < 1.29 is 33.1 Å². The van der Waals surface area contributed by atoms with E-state index in [1.165, 1.54) is 14.2 Å². The summed E-state index contributed by atoms with van der Waals surface area (Å²) in [4.78, 5) is 36.5. The van der Waals surface area contributed by atoms with Gasteiger partial charge in [0, 0.05) is 31.7 Å². The molecule has 0 saturated heterocycles. The molecule has 1 atom stereocenters. The fourth-order valence-electron chi connectivity index (χ4n) is 2.76. The Bertz CT molecular complexity index is 552. The normalized spacial score (nSPS) is 13.5. The Kier molecular flexibility index (Phi) is 14.3. The zero-order chi connectivity index (χ0) is 23.9. The molecule has 0 aromatic carbocycles. The summed E-state index contributed by atoms with van der Waals surface area (Å²) in [6.45, 7) is 10.9. The average Bonchev–Trinajstić information content (AvgIpc) is 2.66. The van der Waals surface area contributed by atoms with Crippen molar-refractivity contribution >= 4 is 17.9 Å². The minimum absolute atomic E-state index is 0.0167. The average molecular weight is 448 g/mol. The predicted molar refractivity (Wildman–Crippen MR) is 119 cm³/mol. The summed E-state index contributed by atoms with van der Waals surface area (Å²) < 4.78 is 15.2. The monoisotopic (exact) mass is 447 g/mol. The van der Waals surface area contributed by atoms with Gasteiger partial charge in [-0.1, -0.05) is 0 Å². The Morgan fingerprint density at radius 3 is 2.13 bits per heavy atom. The van der Waals surface area contributed by atoms with E-state index in [2.05, 4.69) is 36.1 Å². The van der Waals surface area contributed by atoms with Crippen LogP contribution in [-0.2, 0) is 28.6 Å². The molecule has 2 N–H and O–H groups in total. The first-order valence-electron chi connectivity index (χ1n) is 10.7. The molecule has 182 valence electrons. The van der Waals surface area contributed by atoms with Crippen LogP contribution in [0.2, 0.25) is 0 Å². The van der Waals surface area contributed by atoms with Crippen molar-refractivity contribution in [1.82, 2.24) is 15.5 Å². The lowest BCUT2D eigenvalue weighted by molar-refractivity contribution is -0.900. The van der Waals surface area contributed by atoms with Gasteiger partial charge < -0.3 is 29.3 Å². The highest BCUT2D eigenvalue weighted by molar-refractivity contribution is 5.71. The smallest absolute Gasteiger partial charge is 0.361 e. The number of ether oxygens (including phenoxy) is 3. The molecule has 10 heteroatoms. The van der Waals surface area contributed by atoms with Crippen molar-refractivity contribution in [2.24, 2.45) is 0 Å². The van der Waals surface area contributed by atoms with E-state index in [-0.39, 0.29) is 43.0 Å². The largest absolute Gasteiger partial charge is 0.468 e. The molecular weight excluding hydrogens is 404 g/mol. The number of hydrogen-bond acceptors (Lipinski definition) is 9. The van der Waals surface area contributed by atoms with E-state index in [0.717, 1.165) is 19.6 Å². The van der Waals surface area contributed by atoms with Gasteiger partial charge in [0.2, 0.25) is 0 Å². The van der Waals surface area contributed by atoms with Crippen molar-refractivity contribution in [3.05, 3.63) is 0 Å². The predicted octanol–water partition coefficient (Wildman–Crippen LogP) is -0.378. The molecule has 0 fully saturated rings. The maximum absolute atomic E-state index is 11.8. The molecule has 0 aliphatic carbocycles. The molecule has 0 heterocycles. The van der Waals surface area contributed by atoms with Gasteiger partial charge in [0.05, 0.1) is 47.3 Å². The number of carbonyl (C=O) groups is 3. The minimum atomic E-state index is -0.329. The first-order valence-corrected chi connectivity index (χ1v) is 10.7. The van der Waals surface area contributed by atoms with Crippen LogP contribution in [-0.4, -0.2) is 120 Å². The molecule has 0 aliphatic heterocycles. The lowest BCUT2D eigenvalue weighted by atomic mass is 10.1. The lowest BCUT2D eigenvalue weighted by Gasteiger charge is -2.34. The van der Waals surface area contributed by atoms with Crippen LogP contribution >= 0.6 is 0 Å². The van der Waals surface area contributed by atoms with Crippen LogP contribution in [0, 0.1) is 0 Å². The third-order valence-electron chi connectivity index (χ3n) is 4.74. The second-order valence-electron chi connectivity index (χ2n) is 9.01. The van der Waals surface area contributed by atoms with Gasteiger partial charge in [0.15, 0.2) is 6.54 Å². The quantitative estimate of drug-likeness (QED) is 0.142. The second-order valence-corrected chi connectivity index (χ2v) is 9.01. The number of hydrogen-bond donors (Lipinski definition) is 2. The number of likely N-dealkylation sites (N-methyl/N-ethyl adjacent to an activating group) is 2. The number of methoxy groups -OCH3 is 2. The fraction of sp³-hybridized carbons (Fsp3) is 0.857. The second kappa shape index (κ2) is 15.1. The van der Waals surface area contributed by atoms with Crippen LogP contribution in [0.5, 0.6) is 0 Å². The summed E-state index contributed by atoms with van der Waals surface area (Å²) >= 11 is 0. The summed E-state index contributed by atoms with van der Waals surface area (Å²) in [6.07, 6.45) is 0.257. The van der Waals surface area contributed by atoms with Crippen molar-refractivity contribution in [3.8, 4) is 0 Å². The standard InChI is InChI=1S/C21H43N4O6/c1-21(2,3)23-11-14-25(5,17-20(28)30-7)13-10-22-9-8-18(26)31-15-12-24(4)16-19(27)29-6/h22-23H,8-17H2,1-7H3/q+1. The summed E-state index contributed by atoms with van der Waals surface area (Å²) in [7, 11) is 6.52.